The molecule has 0 spiro atoms. The second-order valence-electron chi connectivity index (χ2n) is 7.83. The number of benzene rings is 2. The first-order chi connectivity index (χ1) is 14.2. The molecule has 30 heavy (non-hydrogen) atoms. The van der Waals surface area contributed by atoms with Gasteiger partial charge in [0, 0.05) is 29.5 Å². The third-order valence-corrected chi connectivity index (χ3v) is 6.20. The first-order valence-corrected chi connectivity index (χ1v) is 10.3. The highest BCUT2D eigenvalue weighted by Gasteiger charge is 2.35. The minimum absolute atomic E-state index is 0.0640. The maximum Gasteiger partial charge on any atom is 0.419 e. The number of ether oxygens (including phenoxy) is 1. The van der Waals surface area contributed by atoms with Crippen LogP contribution in [-0.4, -0.2) is 26.0 Å². The van der Waals surface area contributed by atoms with Gasteiger partial charge in [0.2, 0.25) is 0 Å². The Labute approximate surface area is 179 Å². The number of carbonyl (C=O) groups is 1. The van der Waals surface area contributed by atoms with Crippen LogP contribution in [0.15, 0.2) is 42.5 Å². The number of alkyl halides is 3. The molecule has 1 unspecified atom stereocenters. The van der Waals surface area contributed by atoms with Crippen LogP contribution in [0.5, 0.6) is 5.75 Å². The van der Waals surface area contributed by atoms with Gasteiger partial charge in [0.15, 0.2) is 5.78 Å². The largest absolute Gasteiger partial charge is 0.496 e. The van der Waals surface area contributed by atoms with Gasteiger partial charge < -0.3 is 10.1 Å². The normalized spacial score (nSPS) is 20.2. The van der Waals surface area contributed by atoms with Crippen molar-refractivity contribution < 1.29 is 22.7 Å². The van der Waals surface area contributed by atoms with E-state index in [1.165, 1.54) is 24.8 Å². The monoisotopic (exact) mass is 439 g/mol. The van der Waals surface area contributed by atoms with Crippen molar-refractivity contribution in [1.29, 1.82) is 0 Å². The number of hydrogen-bond acceptors (Lipinski definition) is 3. The molecule has 3 atom stereocenters. The highest BCUT2D eigenvalue weighted by atomic mass is 35.5. The minimum Gasteiger partial charge on any atom is -0.496 e. The van der Waals surface area contributed by atoms with E-state index < -0.39 is 11.7 Å². The van der Waals surface area contributed by atoms with Gasteiger partial charge in [-0.15, -0.1) is 0 Å². The molecule has 0 aliphatic carbocycles. The van der Waals surface area contributed by atoms with E-state index in [2.05, 4.69) is 12.2 Å². The van der Waals surface area contributed by atoms with Gasteiger partial charge in [-0.2, -0.15) is 13.2 Å². The molecule has 2 aromatic carbocycles. The van der Waals surface area contributed by atoms with Crippen molar-refractivity contribution in [2.45, 2.75) is 31.9 Å². The standard InChI is InChI=1S/C23H25ClF3NO2/c1-14(18-12-28-13-19(18)15-4-7-17(24)8-5-15)3-9-21(29)16-6-10-22(30-2)20(11-16)23(25,26)27/h4-8,10-11,14,18-19,28H,3,9,12-13H2,1-2H3/t14?,18-,19-/m1/s1. The van der Waals surface area contributed by atoms with Crippen LogP contribution in [0.25, 0.3) is 0 Å². The van der Waals surface area contributed by atoms with Crippen LogP contribution >= 0.6 is 11.6 Å². The van der Waals surface area contributed by atoms with Gasteiger partial charge in [0.1, 0.15) is 5.75 Å². The molecule has 0 aromatic heterocycles. The summed E-state index contributed by atoms with van der Waals surface area (Å²) >= 11 is 5.99. The number of carbonyl (C=O) groups excluding carboxylic acids is 1. The molecule has 2 aromatic rings. The zero-order chi connectivity index (χ0) is 21.9. The molecule has 0 amide bonds. The van der Waals surface area contributed by atoms with Gasteiger partial charge in [0.05, 0.1) is 12.7 Å². The van der Waals surface area contributed by atoms with Gasteiger partial charge in [-0.05, 0) is 60.7 Å². The third kappa shape index (κ3) is 5.16. The second kappa shape index (κ2) is 9.40. The summed E-state index contributed by atoms with van der Waals surface area (Å²) in [6, 6.07) is 11.3. The lowest BCUT2D eigenvalue weighted by Gasteiger charge is -2.25. The first-order valence-electron chi connectivity index (χ1n) is 9.95. The second-order valence-corrected chi connectivity index (χ2v) is 8.27. The molecule has 1 fully saturated rings. The van der Waals surface area contributed by atoms with E-state index >= 15 is 0 Å². The SMILES string of the molecule is COc1ccc(C(=O)CCC(C)[C@H]2CNC[C@@H]2c2ccc(Cl)cc2)cc1C(F)(F)F. The van der Waals surface area contributed by atoms with Crippen LogP contribution in [0.3, 0.4) is 0 Å². The van der Waals surface area contributed by atoms with E-state index in [9.17, 15) is 18.0 Å². The molecule has 1 aliphatic heterocycles. The minimum atomic E-state index is -4.57. The Morgan fingerprint density at radius 1 is 1.20 bits per heavy atom. The van der Waals surface area contributed by atoms with E-state index in [-0.39, 0.29) is 29.4 Å². The first kappa shape index (κ1) is 22.6. The fraction of sp³-hybridized carbons (Fsp3) is 0.435. The Morgan fingerprint density at radius 2 is 1.90 bits per heavy atom. The van der Waals surface area contributed by atoms with Crippen LogP contribution in [0.1, 0.15) is 47.2 Å². The van der Waals surface area contributed by atoms with Crippen molar-refractivity contribution in [3.63, 3.8) is 0 Å². The Kier molecular flexibility index (Phi) is 7.09. The Morgan fingerprint density at radius 3 is 2.53 bits per heavy atom. The number of halogens is 4. The van der Waals surface area contributed by atoms with Gasteiger partial charge in [0.25, 0.3) is 0 Å². The Bertz CT molecular complexity index is 883. The molecule has 3 nitrogen and oxygen atoms in total. The average molecular weight is 440 g/mol. The lowest BCUT2D eigenvalue weighted by atomic mass is 9.79. The van der Waals surface area contributed by atoms with Crippen molar-refractivity contribution in [2.75, 3.05) is 20.2 Å². The molecule has 1 N–H and O–H groups in total. The topological polar surface area (TPSA) is 38.3 Å². The molecule has 1 aliphatic rings. The van der Waals surface area contributed by atoms with E-state index in [0.717, 1.165) is 19.2 Å². The molecular weight excluding hydrogens is 415 g/mol. The fourth-order valence-corrected chi connectivity index (χ4v) is 4.32. The Balaban J connectivity index is 1.66. The summed E-state index contributed by atoms with van der Waals surface area (Å²) in [4.78, 5) is 12.6. The summed E-state index contributed by atoms with van der Waals surface area (Å²) in [6.07, 6.45) is -3.76. The number of nitrogens with one attached hydrogen (secondary N) is 1. The van der Waals surface area contributed by atoms with Crippen molar-refractivity contribution in [1.82, 2.24) is 5.32 Å². The van der Waals surface area contributed by atoms with Crippen molar-refractivity contribution in [3.05, 3.63) is 64.2 Å². The van der Waals surface area contributed by atoms with Crippen LogP contribution in [-0.2, 0) is 6.18 Å². The third-order valence-electron chi connectivity index (χ3n) is 5.94. The average Bonchev–Trinajstić information content (AvgIpc) is 3.21. The molecule has 3 rings (SSSR count). The lowest BCUT2D eigenvalue weighted by Crippen LogP contribution is -2.20. The summed E-state index contributed by atoms with van der Waals surface area (Å²) in [5.74, 6) is 0.343. The lowest BCUT2D eigenvalue weighted by molar-refractivity contribution is -0.138. The van der Waals surface area contributed by atoms with Crippen molar-refractivity contribution in [3.8, 4) is 5.75 Å². The number of hydrogen-bond donors (Lipinski definition) is 1. The van der Waals surface area contributed by atoms with Crippen molar-refractivity contribution >= 4 is 17.4 Å². The highest BCUT2D eigenvalue weighted by Crippen LogP contribution is 2.38. The predicted octanol–water partition coefficient (Wildman–Crippen LogP) is 5.97. The van der Waals surface area contributed by atoms with Gasteiger partial charge in [-0.1, -0.05) is 30.7 Å². The quantitative estimate of drug-likeness (QED) is 0.540. The number of rotatable bonds is 7. The maximum atomic E-state index is 13.2. The smallest absolute Gasteiger partial charge is 0.419 e. The Hall–Kier alpha value is -2.05. The zero-order valence-electron chi connectivity index (χ0n) is 16.9. The van der Waals surface area contributed by atoms with Gasteiger partial charge in [-0.25, -0.2) is 0 Å². The van der Waals surface area contributed by atoms with Crippen LogP contribution < -0.4 is 10.1 Å². The molecular formula is C23H25ClF3NO2. The highest BCUT2D eigenvalue weighted by molar-refractivity contribution is 6.30. The van der Waals surface area contributed by atoms with E-state index in [1.807, 2.05) is 24.3 Å². The fourth-order valence-electron chi connectivity index (χ4n) is 4.19. The molecule has 0 bridgehead atoms. The number of Topliss-reactive ketones (excluding diaryl/α,β-unsaturated/α-hetero) is 1. The molecule has 7 heteroatoms. The van der Waals surface area contributed by atoms with Gasteiger partial charge in [-0.3, -0.25) is 4.79 Å². The van der Waals surface area contributed by atoms with E-state index in [1.54, 1.807) is 0 Å². The van der Waals surface area contributed by atoms with Crippen LogP contribution in [0, 0.1) is 11.8 Å². The summed E-state index contributed by atoms with van der Waals surface area (Å²) < 4.78 is 44.4. The van der Waals surface area contributed by atoms with E-state index in [4.69, 9.17) is 16.3 Å². The van der Waals surface area contributed by atoms with Crippen molar-refractivity contribution in [2.24, 2.45) is 11.8 Å². The van der Waals surface area contributed by atoms with Gasteiger partial charge >= 0.3 is 6.18 Å². The number of ketones is 1. The predicted molar refractivity (Wildman–Crippen MR) is 111 cm³/mol. The van der Waals surface area contributed by atoms with Crippen LogP contribution in [0.4, 0.5) is 13.2 Å². The molecule has 1 heterocycles. The van der Waals surface area contributed by atoms with E-state index in [0.29, 0.717) is 23.3 Å². The molecule has 1 saturated heterocycles. The summed E-state index contributed by atoms with van der Waals surface area (Å²) in [7, 11) is 1.18. The number of methoxy groups -OCH3 is 1. The molecule has 0 radical (unpaired) electrons. The summed E-state index contributed by atoms with van der Waals surface area (Å²) in [5, 5.41) is 4.11. The maximum absolute atomic E-state index is 13.2. The molecule has 0 saturated carbocycles. The molecule has 162 valence electrons. The summed E-state index contributed by atoms with van der Waals surface area (Å²) in [5.41, 5.74) is 0.346. The zero-order valence-corrected chi connectivity index (χ0v) is 17.7. The van der Waals surface area contributed by atoms with Crippen LogP contribution in [0.2, 0.25) is 5.02 Å². The summed E-state index contributed by atoms with van der Waals surface area (Å²) in [6.45, 7) is 3.81.